The van der Waals surface area contributed by atoms with Crippen LogP contribution in [0.3, 0.4) is 0 Å². The van der Waals surface area contributed by atoms with Crippen LogP contribution in [0.5, 0.6) is 0 Å². The maximum atomic E-state index is 5.36. The van der Waals surface area contributed by atoms with Crippen molar-refractivity contribution in [2.75, 3.05) is 6.61 Å². The fourth-order valence-corrected chi connectivity index (χ4v) is 1.88. The zero-order valence-corrected chi connectivity index (χ0v) is 9.10. The van der Waals surface area contributed by atoms with Gasteiger partial charge in [-0.15, -0.1) is 0 Å². The number of benzene rings is 1. The Labute approximate surface area is 92.9 Å². The quantitative estimate of drug-likeness (QED) is 0.728. The Kier molecular flexibility index (Phi) is 2.15. The van der Waals surface area contributed by atoms with Gasteiger partial charge in [-0.3, -0.25) is 4.40 Å². The van der Waals surface area contributed by atoms with Gasteiger partial charge in [-0.1, -0.05) is 12.1 Å². The van der Waals surface area contributed by atoms with E-state index in [1.807, 2.05) is 31.3 Å². The molecule has 0 bridgehead atoms. The van der Waals surface area contributed by atoms with Gasteiger partial charge in [0.05, 0.1) is 23.3 Å². The van der Waals surface area contributed by atoms with Crippen LogP contribution in [0.1, 0.15) is 12.6 Å². The number of nitrogens with zero attached hydrogens (tertiary/aromatic N) is 2. The van der Waals surface area contributed by atoms with Crippen LogP contribution < -0.4 is 0 Å². The lowest BCUT2D eigenvalue weighted by Crippen LogP contribution is -1.91. The van der Waals surface area contributed by atoms with E-state index in [1.165, 1.54) is 0 Å². The first kappa shape index (κ1) is 9.42. The highest BCUT2D eigenvalue weighted by Gasteiger charge is 2.06. The van der Waals surface area contributed by atoms with Crippen molar-refractivity contribution in [3.8, 4) is 0 Å². The van der Waals surface area contributed by atoms with Crippen LogP contribution in [0.25, 0.3) is 16.8 Å². The third kappa shape index (κ3) is 1.39. The molecule has 0 atom stereocenters. The van der Waals surface area contributed by atoms with Gasteiger partial charge in [0.2, 0.25) is 5.78 Å². The molecular formula is C12H13N3O. The van der Waals surface area contributed by atoms with Crippen LogP contribution in [0.2, 0.25) is 0 Å². The van der Waals surface area contributed by atoms with E-state index in [0.29, 0.717) is 6.61 Å². The van der Waals surface area contributed by atoms with Crippen molar-refractivity contribution >= 4 is 16.8 Å². The Morgan fingerprint density at radius 1 is 1.38 bits per heavy atom. The van der Waals surface area contributed by atoms with Crippen molar-refractivity contribution in [2.45, 2.75) is 13.5 Å². The van der Waals surface area contributed by atoms with Crippen molar-refractivity contribution in [3.05, 3.63) is 36.2 Å². The second-order valence-electron chi connectivity index (χ2n) is 3.71. The molecule has 0 fully saturated rings. The van der Waals surface area contributed by atoms with Crippen LogP contribution in [0.4, 0.5) is 0 Å². The van der Waals surface area contributed by atoms with Gasteiger partial charge in [0, 0.05) is 12.8 Å². The highest BCUT2D eigenvalue weighted by Crippen LogP contribution is 2.16. The predicted octanol–water partition coefficient (Wildman–Crippen LogP) is 2.35. The molecule has 0 unspecified atom stereocenters. The predicted molar refractivity (Wildman–Crippen MR) is 62.4 cm³/mol. The first-order valence-electron chi connectivity index (χ1n) is 5.41. The van der Waals surface area contributed by atoms with Gasteiger partial charge in [0.1, 0.15) is 0 Å². The molecule has 2 aromatic heterocycles. The maximum Gasteiger partial charge on any atom is 0.212 e. The zero-order valence-electron chi connectivity index (χ0n) is 9.10. The number of nitrogens with one attached hydrogen (secondary N) is 1. The number of rotatable bonds is 3. The number of para-hydroxylation sites is 2. The summed E-state index contributed by atoms with van der Waals surface area (Å²) in [6, 6.07) is 8.09. The summed E-state index contributed by atoms with van der Waals surface area (Å²) in [6.45, 7) is 3.32. The standard InChI is InChI=1S/C12H13N3O/c1-2-16-8-9-7-15-11-6-4-3-5-10(11)14-12(15)13-9/h3-7H,2,8H2,1H3,(H,13,14). The second kappa shape index (κ2) is 3.64. The maximum absolute atomic E-state index is 5.36. The summed E-state index contributed by atoms with van der Waals surface area (Å²) in [5.41, 5.74) is 3.18. The van der Waals surface area contributed by atoms with Gasteiger partial charge in [-0.05, 0) is 19.1 Å². The minimum absolute atomic E-state index is 0.605. The van der Waals surface area contributed by atoms with Gasteiger partial charge < -0.3 is 9.72 Å². The van der Waals surface area contributed by atoms with Crippen LogP contribution in [-0.4, -0.2) is 21.0 Å². The summed E-state index contributed by atoms with van der Waals surface area (Å²) in [5.74, 6) is 0.871. The molecule has 3 aromatic rings. The highest BCUT2D eigenvalue weighted by atomic mass is 16.5. The molecule has 0 aliphatic rings. The summed E-state index contributed by atoms with van der Waals surface area (Å²) in [6.07, 6.45) is 2.04. The molecule has 0 aliphatic carbocycles. The zero-order chi connectivity index (χ0) is 11.0. The normalized spacial score (nSPS) is 11.6. The molecule has 0 radical (unpaired) electrons. The average Bonchev–Trinajstić information content (AvgIpc) is 2.83. The Bertz CT molecular complexity index is 623. The Morgan fingerprint density at radius 2 is 2.25 bits per heavy atom. The van der Waals surface area contributed by atoms with Crippen molar-refractivity contribution < 1.29 is 4.74 Å². The summed E-state index contributed by atoms with van der Waals surface area (Å²) in [7, 11) is 0. The van der Waals surface area contributed by atoms with E-state index >= 15 is 0 Å². The number of fused-ring (bicyclic) bond motifs is 3. The van der Waals surface area contributed by atoms with E-state index < -0.39 is 0 Å². The molecular weight excluding hydrogens is 202 g/mol. The molecule has 3 rings (SSSR count). The lowest BCUT2D eigenvalue weighted by atomic mass is 10.3. The smallest absolute Gasteiger partial charge is 0.212 e. The molecule has 1 aromatic carbocycles. The van der Waals surface area contributed by atoms with Crippen LogP contribution >= 0.6 is 0 Å². The molecule has 4 nitrogen and oxygen atoms in total. The Hall–Kier alpha value is -1.81. The summed E-state index contributed by atoms with van der Waals surface area (Å²) < 4.78 is 7.42. The number of H-pyrrole nitrogens is 1. The van der Waals surface area contributed by atoms with Gasteiger partial charge in [0.15, 0.2) is 0 Å². The fraction of sp³-hybridized carbons (Fsp3) is 0.250. The van der Waals surface area contributed by atoms with Gasteiger partial charge in [-0.25, -0.2) is 4.98 Å². The molecule has 0 saturated heterocycles. The Morgan fingerprint density at radius 3 is 3.12 bits per heavy atom. The van der Waals surface area contributed by atoms with Crippen LogP contribution in [0, 0.1) is 0 Å². The molecule has 4 heteroatoms. The number of aromatic nitrogens is 3. The van der Waals surface area contributed by atoms with Crippen LogP contribution in [0.15, 0.2) is 30.5 Å². The topological polar surface area (TPSA) is 42.3 Å². The van der Waals surface area contributed by atoms with Gasteiger partial charge >= 0.3 is 0 Å². The molecule has 0 amide bonds. The largest absolute Gasteiger partial charge is 0.375 e. The number of hydrogen-bond donors (Lipinski definition) is 1. The monoisotopic (exact) mass is 215 g/mol. The average molecular weight is 215 g/mol. The Balaban J connectivity index is 2.11. The lowest BCUT2D eigenvalue weighted by Gasteiger charge is -1.95. The second-order valence-corrected chi connectivity index (χ2v) is 3.71. The first-order chi connectivity index (χ1) is 7.88. The summed E-state index contributed by atoms with van der Waals surface area (Å²) >= 11 is 0. The van der Waals surface area contributed by atoms with Gasteiger partial charge in [-0.2, -0.15) is 0 Å². The van der Waals surface area contributed by atoms with E-state index in [2.05, 4.69) is 20.4 Å². The first-order valence-corrected chi connectivity index (χ1v) is 5.41. The van der Waals surface area contributed by atoms with Crippen molar-refractivity contribution in [1.29, 1.82) is 0 Å². The summed E-state index contributed by atoms with van der Waals surface area (Å²) in [5, 5.41) is 0. The SMILES string of the molecule is CCOCc1cn2c(nc3ccccc32)[nH]1. The molecule has 1 N–H and O–H groups in total. The third-order valence-corrected chi connectivity index (χ3v) is 2.61. The lowest BCUT2D eigenvalue weighted by molar-refractivity contribution is 0.131. The number of hydrogen-bond acceptors (Lipinski definition) is 2. The molecule has 0 saturated carbocycles. The minimum Gasteiger partial charge on any atom is -0.375 e. The molecule has 82 valence electrons. The van der Waals surface area contributed by atoms with E-state index in [-0.39, 0.29) is 0 Å². The number of ether oxygens (including phenoxy) is 1. The molecule has 0 spiro atoms. The van der Waals surface area contributed by atoms with Gasteiger partial charge in [0.25, 0.3) is 0 Å². The molecule has 2 heterocycles. The van der Waals surface area contributed by atoms with E-state index in [4.69, 9.17) is 4.74 Å². The number of aromatic amines is 1. The minimum atomic E-state index is 0.605. The molecule has 16 heavy (non-hydrogen) atoms. The van der Waals surface area contributed by atoms with E-state index in [1.54, 1.807) is 0 Å². The van der Waals surface area contributed by atoms with Crippen LogP contribution in [-0.2, 0) is 11.3 Å². The van der Waals surface area contributed by atoms with Crippen molar-refractivity contribution in [1.82, 2.24) is 14.4 Å². The van der Waals surface area contributed by atoms with Crippen molar-refractivity contribution in [3.63, 3.8) is 0 Å². The van der Waals surface area contributed by atoms with Crippen molar-refractivity contribution in [2.24, 2.45) is 0 Å². The number of imidazole rings is 2. The summed E-state index contributed by atoms with van der Waals surface area (Å²) in [4.78, 5) is 7.74. The third-order valence-electron chi connectivity index (χ3n) is 2.61. The van der Waals surface area contributed by atoms with E-state index in [0.717, 1.165) is 29.1 Å². The molecule has 0 aliphatic heterocycles. The van der Waals surface area contributed by atoms with E-state index in [9.17, 15) is 0 Å². The highest BCUT2D eigenvalue weighted by molar-refractivity contribution is 5.79. The fourth-order valence-electron chi connectivity index (χ4n) is 1.88.